The highest BCUT2D eigenvalue weighted by atomic mass is 35.5. The van der Waals surface area contributed by atoms with Gasteiger partial charge in [-0.3, -0.25) is 9.88 Å². The van der Waals surface area contributed by atoms with Gasteiger partial charge < -0.3 is 20.6 Å². The third kappa shape index (κ3) is 6.71. The van der Waals surface area contributed by atoms with Crippen molar-refractivity contribution in [3.8, 4) is 28.3 Å². The Morgan fingerprint density at radius 3 is 2.48 bits per heavy atom. The largest absolute Gasteiger partial charge is 0.506 e. The number of aromatic nitrogens is 3. The first-order valence-electron chi connectivity index (χ1n) is 11.0. The average molecular weight is 490 g/mol. The van der Waals surface area contributed by atoms with Crippen LogP contribution in [0.5, 0.6) is 5.75 Å². The maximum atomic E-state index is 9.94. The van der Waals surface area contributed by atoms with E-state index in [-0.39, 0.29) is 11.2 Å². The van der Waals surface area contributed by atoms with Crippen molar-refractivity contribution in [2.24, 2.45) is 5.73 Å². The number of nitrogens with one attached hydrogen (secondary N) is 1. The molecule has 4 rings (SSSR count). The quantitative estimate of drug-likeness (QED) is 0.391. The van der Waals surface area contributed by atoms with Crippen molar-refractivity contribution in [3.05, 3.63) is 53.6 Å². The average Bonchev–Trinajstić information content (AvgIpc) is 3.29. The Hall–Kier alpha value is -2.10. The summed E-state index contributed by atoms with van der Waals surface area (Å²) in [7, 11) is 0. The minimum absolute atomic E-state index is 0.0254. The van der Waals surface area contributed by atoms with Crippen molar-refractivity contribution >= 4 is 24.2 Å². The van der Waals surface area contributed by atoms with Gasteiger partial charge in [0.15, 0.2) is 0 Å². The number of hydrogen-bond donors (Lipinski definition) is 4. The topological polar surface area (TPSA) is 100 Å². The van der Waals surface area contributed by atoms with Crippen molar-refractivity contribution < 1.29 is 9.84 Å². The predicted molar refractivity (Wildman–Crippen MR) is 137 cm³/mol. The van der Waals surface area contributed by atoms with Crippen molar-refractivity contribution in [2.45, 2.75) is 19.3 Å². The SMILES string of the molecule is CC(C)(CN)c1nc(-c2ccc(Cl)c(O)c2)c(-c2ccncc2)[nH]1.SCCN1CCOCC1. The number of ether oxygens (including phenoxy) is 1. The van der Waals surface area contributed by atoms with Crippen molar-refractivity contribution in [2.75, 3.05) is 45.1 Å². The first-order chi connectivity index (χ1) is 15.9. The third-order valence-corrected chi connectivity index (χ3v) is 6.08. The summed E-state index contributed by atoms with van der Waals surface area (Å²) in [5.41, 5.74) is 8.93. The summed E-state index contributed by atoms with van der Waals surface area (Å²) in [5, 5.41) is 10.2. The van der Waals surface area contributed by atoms with Crippen LogP contribution in [0.2, 0.25) is 5.02 Å². The van der Waals surface area contributed by atoms with Crippen molar-refractivity contribution in [1.29, 1.82) is 0 Å². The van der Waals surface area contributed by atoms with Crippen LogP contribution in [-0.4, -0.2) is 70.1 Å². The van der Waals surface area contributed by atoms with Gasteiger partial charge in [0.1, 0.15) is 11.6 Å². The molecular weight excluding hydrogens is 458 g/mol. The van der Waals surface area contributed by atoms with Gasteiger partial charge in [0.05, 0.1) is 29.6 Å². The van der Waals surface area contributed by atoms with E-state index in [2.05, 4.69) is 27.5 Å². The van der Waals surface area contributed by atoms with Gasteiger partial charge in [-0.15, -0.1) is 0 Å². The number of aromatic amines is 1. The van der Waals surface area contributed by atoms with E-state index in [9.17, 15) is 5.11 Å². The van der Waals surface area contributed by atoms with Crippen LogP contribution < -0.4 is 5.73 Å². The molecule has 178 valence electrons. The molecule has 1 aliphatic rings. The molecular formula is C24H32ClN5O2S. The summed E-state index contributed by atoms with van der Waals surface area (Å²) in [6, 6.07) is 8.92. The van der Waals surface area contributed by atoms with Gasteiger partial charge in [-0.1, -0.05) is 31.5 Å². The van der Waals surface area contributed by atoms with E-state index < -0.39 is 0 Å². The summed E-state index contributed by atoms with van der Waals surface area (Å²) >= 11 is 10.1. The number of thiol groups is 1. The lowest BCUT2D eigenvalue weighted by molar-refractivity contribution is 0.0410. The number of phenols is 1. The van der Waals surface area contributed by atoms with Crippen molar-refractivity contribution in [3.63, 3.8) is 0 Å². The molecule has 3 heterocycles. The zero-order chi connectivity index (χ0) is 23.8. The summed E-state index contributed by atoms with van der Waals surface area (Å²) in [4.78, 5) is 14.6. The fraction of sp³-hybridized carbons (Fsp3) is 0.417. The molecule has 7 nitrogen and oxygen atoms in total. The van der Waals surface area contributed by atoms with Crippen LogP contribution in [0.25, 0.3) is 22.5 Å². The molecule has 1 saturated heterocycles. The standard InChI is InChI=1S/C18H19ClN4O.C6H13NOS/c1-18(2,10-20)17-22-15(11-5-7-21-8-6-11)16(23-17)12-3-4-13(19)14(24)9-12;9-6-3-7-1-4-8-5-2-7/h3-9,24H,10,20H2,1-2H3,(H,22,23);9H,1-6H2. The van der Waals surface area contributed by atoms with E-state index in [0.717, 1.165) is 66.9 Å². The normalized spacial score (nSPS) is 14.6. The molecule has 0 amide bonds. The number of nitrogens with zero attached hydrogens (tertiary/aromatic N) is 3. The Bertz CT molecular complexity index is 1020. The van der Waals surface area contributed by atoms with E-state index >= 15 is 0 Å². The van der Waals surface area contributed by atoms with Crippen molar-refractivity contribution in [1.82, 2.24) is 19.9 Å². The van der Waals surface area contributed by atoms with Crippen LogP contribution in [-0.2, 0) is 10.2 Å². The number of benzene rings is 1. The van der Waals surface area contributed by atoms with Crippen LogP contribution in [0, 0.1) is 0 Å². The minimum Gasteiger partial charge on any atom is -0.506 e. The molecule has 1 aromatic carbocycles. The Labute approximate surface area is 205 Å². The molecule has 0 spiro atoms. The molecule has 0 unspecified atom stereocenters. The molecule has 0 atom stereocenters. The number of aromatic hydroxyl groups is 1. The summed E-state index contributed by atoms with van der Waals surface area (Å²) in [6.07, 6.45) is 3.46. The minimum atomic E-state index is -0.297. The van der Waals surface area contributed by atoms with Gasteiger partial charge in [0.2, 0.25) is 0 Å². The molecule has 0 aliphatic carbocycles. The molecule has 0 radical (unpaired) electrons. The first-order valence-corrected chi connectivity index (χ1v) is 12.0. The van der Waals surface area contributed by atoms with E-state index in [1.165, 1.54) is 0 Å². The van der Waals surface area contributed by atoms with Crippen LogP contribution in [0.3, 0.4) is 0 Å². The van der Waals surface area contributed by atoms with E-state index in [4.69, 9.17) is 27.1 Å². The Kier molecular flexibility index (Phi) is 9.17. The van der Waals surface area contributed by atoms with Gasteiger partial charge in [0.25, 0.3) is 0 Å². The molecule has 4 N–H and O–H groups in total. The highest BCUT2D eigenvalue weighted by molar-refractivity contribution is 7.80. The molecule has 9 heteroatoms. The summed E-state index contributed by atoms with van der Waals surface area (Å²) in [6.45, 7) is 9.59. The smallest absolute Gasteiger partial charge is 0.134 e. The van der Waals surface area contributed by atoms with Gasteiger partial charge in [-0.05, 0) is 24.3 Å². The molecule has 1 aliphatic heterocycles. The lowest BCUT2D eigenvalue weighted by Crippen LogP contribution is -2.37. The zero-order valence-corrected chi connectivity index (χ0v) is 20.7. The number of rotatable bonds is 6. The number of phenolic OH excluding ortho intramolecular Hbond substituents is 1. The van der Waals surface area contributed by atoms with E-state index in [0.29, 0.717) is 11.6 Å². The lowest BCUT2D eigenvalue weighted by atomic mass is 9.93. The predicted octanol–water partition coefficient (Wildman–Crippen LogP) is 3.98. The second kappa shape index (κ2) is 11.9. The first kappa shape index (κ1) is 25.5. The van der Waals surface area contributed by atoms with E-state index in [1.54, 1.807) is 24.5 Å². The number of halogens is 1. The third-order valence-electron chi connectivity index (χ3n) is 5.56. The maximum absolute atomic E-state index is 9.94. The molecule has 3 aromatic rings. The zero-order valence-electron chi connectivity index (χ0n) is 19.1. The second-order valence-electron chi connectivity index (χ2n) is 8.48. The molecule has 0 saturated carbocycles. The van der Waals surface area contributed by atoms with Gasteiger partial charge in [0, 0.05) is 60.9 Å². The summed E-state index contributed by atoms with van der Waals surface area (Å²) in [5.74, 6) is 1.78. The number of nitrogens with two attached hydrogens (primary N) is 1. The highest BCUT2D eigenvalue weighted by Crippen LogP contribution is 2.36. The summed E-state index contributed by atoms with van der Waals surface area (Å²) < 4.78 is 5.18. The molecule has 2 aromatic heterocycles. The lowest BCUT2D eigenvalue weighted by Gasteiger charge is -2.25. The highest BCUT2D eigenvalue weighted by Gasteiger charge is 2.25. The maximum Gasteiger partial charge on any atom is 0.134 e. The Balaban J connectivity index is 0.000000286. The molecule has 1 fully saturated rings. The molecule has 0 bridgehead atoms. The van der Waals surface area contributed by atoms with Crippen LogP contribution in [0.1, 0.15) is 19.7 Å². The van der Waals surface area contributed by atoms with Crippen LogP contribution >= 0.6 is 24.2 Å². The number of pyridine rings is 1. The van der Waals surface area contributed by atoms with Gasteiger partial charge >= 0.3 is 0 Å². The Morgan fingerprint density at radius 1 is 1.18 bits per heavy atom. The fourth-order valence-electron chi connectivity index (χ4n) is 3.35. The number of hydrogen-bond acceptors (Lipinski definition) is 7. The monoisotopic (exact) mass is 489 g/mol. The second-order valence-corrected chi connectivity index (χ2v) is 9.33. The van der Waals surface area contributed by atoms with E-state index in [1.807, 2.05) is 32.0 Å². The fourth-order valence-corrected chi connectivity index (χ4v) is 3.75. The van der Waals surface area contributed by atoms with Crippen LogP contribution in [0.15, 0.2) is 42.7 Å². The number of imidazole rings is 1. The Morgan fingerprint density at radius 2 is 1.88 bits per heavy atom. The van der Waals surface area contributed by atoms with Gasteiger partial charge in [-0.2, -0.15) is 12.6 Å². The number of H-pyrrole nitrogens is 1. The van der Waals surface area contributed by atoms with Crippen LogP contribution in [0.4, 0.5) is 0 Å². The molecule has 33 heavy (non-hydrogen) atoms. The van der Waals surface area contributed by atoms with Gasteiger partial charge in [-0.25, -0.2) is 4.98 Å². The number of morpholine rings is 1.